The van der Waals surface area contributed by atoms with Crippen LogP contribution in [0.5, 0.6) is 5.75 Å². The number of carbonyl (C=O) groups excluding carboxylic acids is 2. The van der Waals surface area contributed by atoms with Crippen LogP contribution in [0.4, 0.5) is 11.4 Å². The van der Waals surface area contributed by atoms with E-state index in [9.17, 15) is 9.59 Å². The smallest absolute Gasteiger partial charge is 0.233 e. The molecule has 5 nitrogen and oxygen atoms in total. The standard InChI is InChI=1S/C18H18Cl2N2O3/c1-11(2)25-16-6-4-3-5-15(16)22-18(24)10-17(23)21-14-8-7-12(19)9-13(14)20/h3-9,11H,10H2,1-2H3,(H,21,23)(H,22,24). The maximum absolute atomic E-state index is 12.1. The zero-order chi connectivity index (χ0) is 18.4. The average molecular weight is 381 g/mol. The van der Waals surface area contributed by atoms with E-state index in [2.05, 4.69) is 10.6 Å². The van der Waals surface area contributed by atoms with Gasteiger partial charge in [0.15, 0.2) is 0 Å². The number of benzene rings is 2. The number of ether oxygens (including phenoxy) is 1. The lowest BCUT2D eigenvalue weighted by molar-refractivity contribution is -0.123. The van der Waals surface area contributed by atoms with Crippen LogP contribution in [-0.4, -0.2) is 17.9 Å². The van der Waals surface area contributed by atoms with Gasteiger partial charge < -0.3 is 15.4 Å². The van der Waals surface area contributed by atoms with Gasteiger partial charge in [-0.2, -0.15) is 0 Å². The van der Waals surface area contributed by atoms with Crippen molar-refractivity contribution in [1.29, 1.82) is 0 Å². The van der Waals surface area contributed by atoms with E-state index in [-0.39, 0.29) is 12.5 Å². The first-order valence-electron chi connectivity index (χ1n) is 7.65. The Morgan fingerprint density at radius 3 is 2.28 bits per heavy atom. The number of anilines is 2. The molecular weight excluding hydrogens is 363 g/mol. The first-order chi connectivity index (χ1) is 11.8. The van der Waals surface area contributed by atoms with Crippen LogP contribution in [0.2, 0.25) is 10.0 Å². The number of hydrogen-bond acceptors (Lipinski definition) is 3. The summed E-state index contributed by atoms with van der Waals surface area (Å²) >= 11 is 11.8. The minimum atomic E-state index is -0.482. The second-order valence-electron chi connectivity index (χ2n) is 5.56. The summed E-state index contributed by atoms with van der Waals surface area (Å²) in [6, 6.07) is 11.7. The van der Waals surface area contributed by atoms with Crippen molar-refractivity contribution in [1.82, 2.24) is 0 Å². The Labute approximate surface area is 156 Å². The molecule has 0 bridgehead atoms. The van der Waals surface area contributed by atoms with Crippen molar-refractivity contribution in [3.8, 4) is 5.75 Å². The summed E-state index contributed by atoms with van der Waals surface area (Å²) in [5, 5.41) is 6.02. The van der Waals surface area contributed by atoms with E-state index in [0.29, 0.717) is 27.2 Å². The summed E-state index contributed by atoms with van der Waals surface area (Å²) in [7, 11) is 0. The van der Waals surface area contributed by atoms with E-state index in [4.69, 9.17) is 27.9 Å². The van der Waals surface area contributed by atoms with Crippen molar-refractivity contribution < 1.29 is 14.3 Å². The molecule has 2 rings (SSSR count). The minimum absolute atomic E-state index is 0.0339. The summed E-state index contributed by atoms with van der Waals surface area (Å²) < 4.78 is 5.63. The lowest BCUT2D eigenvalue weighted by Crippen LogP contribution is -2.22. The molecule has 7 heteroatoms. The van der Waals surface area contributed by atoms with Crippen LogP contribution >= 0.6 is 23.2 Å². The van der Waals surface area contributed by atoms with Crippen molar-refractivity contribution in [2.24, 2.45) is 0 Å². The maximum atomic E-state index is 12.1. The van der Waals surface area contributed by atoms with Crippen molar-refractivity contribution in [2.45, 2.75) is 26.4 Å². The fraction of sp³-hybridized carbons (Fsp3) is 0.222. The van der Waals surface area contributed by atoms with Crippen molar-refractivity contribution >= 4 is 46.4 Å². The van der Waals surface area contributed by atoms with Crippen molar-refractivity contribution in [2.75, 3.05) is 10.6 Å². The van der Waals surface area contributed by atoms with Gasteiger partial charge in [-0.3, -0.25) is 9.59 Å². The van der Waals surface area contributed by atoms with Crippen molar-refractivity contribution in [3.63, 3.8) is 0 Å². The van der Waals surface area contributed by atoms with Crippen LogP contribution in [-0.2, 0) is 9.59 Å². The molecule has 2 amide bonds. The Morgan fingerprint density at radius 1 is 1.00 bits per heavy atom. The van der Waals surface area contributed by atoms with E-state index in [1.54, 1.807) is 30.3 Å². The SMILES string of the molecule is CC(C)Oc1ccccc1NC(=O)CC(=O)Nc1ccc(Cl)cc1Cl. The fourth-order valence-electron chi connectivity index (χ4n) is 2.05. The van der Waals surface area contributed by atoms with Gasteiger partial charge in [-0.1, -0.05) is 35.3 Å². The Kier molecular flexibility index (Phi) is 6.67. The molecular formula is C18H18Cl2N2O3. The largest absolute Gasteiger partial charge is 0.489 e. The molecule has 0 spiro atoms. The highest BCUT2D eigenvalue weighted by Gasteiger charge is 2.14. The van der Waals surface area contributed by atoms with Crippen LogP contribution in [0, 0.1) is 0 Å². The third-order valence-electron chi connectivity index (χ3n) is 3.05. The molecule has 132 valence electrons. The van der Waals surface area contributed by atoms with Crippen LogP contribution in [0.15, 0.2) is 42.5 Å². The first kappa shape index (κ1) is 19.1. The van der Waals surface area contributed by atoms with Gasteiger partial charge in [0.1, 0.15) is 12.2 Å². The van der Waals surface area contributed by atoms with Gasteiger partial charge in [-0.05, 0) is 44.2 Å². The third-order valence-corrected chi connectivity index (χ3v) is 3.60. The Hall–Kier alpha value is -2.24. The van der Waals surface area contributed by atoms with E-state index in [1.807, 2.05) is 19.9 Å². The fourth-order valence-corrected chi connectivity index (χ4v) is 2.51. The predicted molar refractivity (Wildman–Crippen MR) is 101 cm³/mol. The lowest BCUT2D eigenvalue weighted by Gasteiger charge is -2.14. The molecule has 0 saturated heterocycles. The van der Waals surface area contributed by atoms with E-state index >= 15 is 0 Å². The second-order valence-corrected chi connectivity index (χ2v) is 6.40. The number of nitrogens with one attached hydrogen (secondary N) is 2. The van der Waals surface area contributed by atoms with Gasteiger partial charge in [-0.25, -0.2) is 0 Å². The van der Waals surface area contributed by atoms with Gasteiger partial charge in [0.05, 0.1) is 22.5 Å². The van der Waals surface area contributed by atoms with Gasteiger partial charge in [-0.15, -0.1) is 0 Å². The summed E-state index contributed by atoms with van der Waals surface area (Å²) in [6.07, 6.45) is -0.386. The van der Waals surface area contributed by atoms with Crippen LogP contribution in [0.25, 0.3) is 0 Å². The molecule has 0 aliphatic heterocycles. The maximum Gasteiger partial charge on any atom is 0.233 e. The van der Waals surface area contributed by atoms with E-state index in [0.717, 1.165) is 0 Å². The third kappa shape index (κ3) is 5.96. The summed E-state index contributed by atoms with van der Waals surface area (Å²) in [6.45, 7) is 3.78. The molecule has 25 heavy (non-hydrogen) atoms. The first-order valence-corrected chi connectivity index (χ1v) is 8.41. The van der Waals surface area contributed by atoms with Crippen molar-refractivity contribution in [3.05, 3.63) is 52.5 Å². The van der Waals surface area contributed by atoms with Gasteiger partial charge in [0.25, 0.3) is 0 Å². The number of hydrogen-bond donors (Lipinski definition) is 2. The number of carbonyl (C=O) groups is 2. The average Bonchev–Trinajstić information content (AvgIpc) is 2.51. The number of amides is 2. The quantitative estimate of drug-likeness (QED) is 0.710. The Morgan fingerprint density at radius 2 is 1.64 bits per heavy atom. The molecule has 0 aliphatic rings. The van der Waals surface area contributed by atoms with E-state index in [1.165, 1.54) is 6.07 Å². The molecule has 0 unspecified atom stereocenters. The van der Waals surface area contributed by atoms with Gasteiger partial charge >= 0.3 is 0 Å². The van der Waals surface area contributed by atoms with Gasteiger partial charge in [0.2, 0.25) is 11.8 Å². The van der Waals surface area contributed by atoms with Crippen LogP contribution in [0.3, 0.4) is 0 Å². The predicted octanol–water partition coefficient (Wildman–Crippen LogP) is 4.75. The highest BCUT2D eigenvalue weighted by Crippen LogP contribution is 2.26. The minimum Gasteiger partial charge on any atom is -0.489 e. The Balaban J connectivity index is 1.97. The molecule has 0 heterocycles. The number of halogens is 2. The molecule has 0 atom stereocenters. The summed E-state index contributed by atoms with van der Waals surface area (Å²) in [4.78, 5) is 24.1. The molecule has 0 fully saturated rings. The monoisotopic (exact) mass is 380 g/mol. The highest BCUT2D eigenvalue weighted by atomic mass is 35.5. The normalized spacial score (nSPS) is 10.4. The molecule has 0 radical (unpaired) electrons. The zero-order valence-corrected chi connectivity index (χ0v) is 15.3. The topological polar surface area (TPSA) is 67.4 Å². The van der Waals surface area contributed by atoms with Crippen LogP contribution < -0.4 is 15.4 Å². The second kappa shape index (κ2) is 8.74. The molecule has 2 aromatic rings. The summed E-state index contributed by atoms with van der Waals surface area (Å²) in [5.74, 6) is -0.390. The molecule has 2 aromatic carbocycles. The highest BCUT2D eigenvalue weighted by molar-refractivity contribution is 6.36. The molecule has 0 saturated carbocycles. The lowest BCUT2D eigenvalue weighted by atomic mass is 10.2. The molecule has 0 aromatic heterocycles. The number of para-hydroxylation sites is 2. The molecule has 0 aliphatic carbocycles. The van der Waals surface area contributed by atoms with Crippen LogP contribution in [0.1, 0.15) is 20.3 Å². The van der Waals surface area contributed by atoms with E-state index < -0.39 is 11.8 Å². The molecule has 2 N–H and O–H groups in total. The number of rotatable bonds is 6. The van der Waals surface area contributed by atoms with Gasteiger partial charge in [0, 0.05) is 5.02 Å². The summed E-state index contributed by atoms with van der Waals surface area (Å²) in [5.41, 5.74) is 0.908. The zero-order valence-electron chi connectivity index (χ0n) is 13.8. The Bertz CT molecular complexity index is 779.